The number of nitrogens with zero attached hydrogens (tertiary/aromatic N) is 5. The van der Waals surface area contributed by atoms with Crippen molar-refractivity contribution in [3.8, 4) is 0 Å². The molecule has 2 aliphatic heterocycles. The van der Waals surface area contributed by atoms with Crippen molar-refractivity contribution in [2.45, 2.75) is 57.3 Å². The van der Waals surface area contributed by atoms with Crippen LogP contribution in [0.25, 0.3) is 0 Å². The fourth-order valence-electron chi connectivity index (χ4n) is 5.07. The summed E-state index contributed by atoms with van der Waals surface area (Å²) >= 11 is 1.53. The lowest BCUT2D eigenvalue weighted by atomic mass is 9.97. The van der Waals surface area contributed by atoms with Gasteiger partial charge >= 0.3 is 0 Å². The van der Waals surface area contributed by atoms with E-state index in [0.29, 0.717) is 62.9 Å². The standard InChI is InChI=1S/C28H31F4N5O4S/c1-39-10-11-40-15-18-4-2-3-5-19(18)24-13-20(35-41-24)22-16-42-28(33-22)17-6-8-36(9-7-17)25(38)14-37-23(27(31)32)12-21(34-37)26(29)30/h2-5,12,16-17,24,26-27H,6-11,13-15H2,1H3. The highest BCUT2D eigenvalue weighted by Crippen LogP contribution is 2.35. The number of benzene rings is 1. The van der Waals surface area contributed by atoms with Gasteiger partial charge < -0.3 is 19.2 Å². The summed E-state index contributed by atoms with van der Waals surface area (Å²) in [5, 5.41) is 10.7. The predicted octanol–water partition coefficient (Wildman–Crippen LogP) is 5.65. The molecule has 1 atom stereocenters. The van der Waals surface area contributed by atoms with Gasteiger partial charge in [-0.1, -0.05) is 29.4 Å². The van der Waals surface area contributed by atoms with Crippen molar-refractivity contribution < 1.29 is 36.7 Å². The van der Waals surface area contributed by atoms with Crippen LogP contribution in [0.3, 0.4) is 0 Å². The first-order chi connectivity index (χ1) is 20.3. The zero-order valence-electron chi connectivity index (χ0n) is 22.9. The summed E-state index contributed by atoms with van der Waals surface area (Å²) in [7, 11) is 1.63. The van der Waals surface area contributed by atoms with Gasteiger partial charge in [-0.15, -0.1) is 11.3 Å². The Morgan fingerprint density at radius 1 is 1.14 bits per heavy atom. The van der Waals surface area contributed by atoms with Crippen molar-refractivity contribution >= 4 is 23.0 Å². The van der Waals surface area contributed by atoms with Crippen molar-refractivity contribution in [3.05, 3.63) is 68.9 Å². The third kappa shape index (κ3) is 6.98. The van der Waals surface area contributed by atoms with E-state index in [9.17, 15) is 22.4 Å². The van der Waals surface area contributed by atoms with Gasteiger partial charge in [-0.05, 0) is 24.5 Å². The molecule has 0 bridgehead atoms. The Hall–Kier alpha value is -3.36. The first kappa shape index (κ1) is 30.1. The third-order valence-corrected chi connectivity index (χ3v) is 8.34. The molecule has 1 saturated heterocycles. The highest BCUT2D eigenvalue weighted by molar-refractivity contribution is 7.10. The molecule has 1 amide bonds. The minimum Gasteiger partial charge on any atom is -0.387 e. The van der Waals surface area contributed by atoms with Crippen LogP contribution in [-0.4, -0.2) is 64.7 Å². The van der Waals surface area contributed by atoms with E-state index in [0.717, 1.165) is 27.5 Å². The first-order valence-corrected chi connectivity index (χ1v) is 14.5. The van der Waals surface area contributed by atoms with Crippen molar-refractivity contribution in [3.63, 3.8) is 0 Å². The van der Waals surface area contributed by atoms with Crippen LogP contribution >= 0.6 is 11.3 Å². The number of amides is 1. The molecule has 5 rings (SSSR count). The van der Waals surface area contributed by atoms with Crippen LogP contribution in [0, 0.1) is 0 Å². The van der Waals surface area contributed by atoms with Crippen molar-refractivity contribution in [1.82, 2.24) is 19.7 Å². The molecule has 0 spiro atoms. The maximum absolute atomic E-state index is 13.3. The molecule has 2 aromatic heterocycles. The number of likely N-dealkylation sites (tertiary alicyclic amines) is 1. The van der Waals surface area contributed by atoms with E-state index in [1.165, 1.54) is 11.3 Å². The lowest BCUT2D eigenvalue weighted by molar-refractivity contribution is -0.133. The van der Waals surface area contributed by atoms with E-state index in [2.05, 4.69) is 10.3 Å². The molecule has 9 nitrogen and oxygen atoms in total. The van der Waals surface area contributed by atoms with Crippen molar-refractivity contribution in [1.29, 1.82) is 0 Å². The van der Waals surface area contributed by atoms with Crippen LogP contribution in [0.5, 0.6) is 0 Å². The highest BCUT2D eigenvalue weighted by atomic mass is 32.1. The van der Waals surface area contributed by atoms with Gasteiger partial charge in [0.1, 0.15) is 23.6 Å². The molecule has 0 radical (unpaired) electrons. The number of oxime groups is 1. The number of halogens is 4. The molecule has 0 saturated carbocycles. The molecular weight excluding hydrogens is 578 g/mol. The fourth-order valence-corrected chi connectivity index (χ4v) is 6.07. The summed E-state index contributed by atoms with van der Waals surface area (Å²) in [5.41, 5.74) is 2.12. The summed E-state index contributed by atoms with van der Waals surface area (Å²) in [5.74, 6) is -0.310. The third-order valence-electron chi connectivity index (χ3n) is 7.34. The van der Waals surface area contributed by atoms with Gasteiger partial charge in [-0.2, -0.15) is 5.10 Å². The summed E-state index contributed by atoms with van der Waals surface area (Å²) in [6.45, 7) is 1.76. The number of carbonyl (C=O) groups excluding carboxylic acids is 1. The summed E-state index contributed by atoms with van der Waals surface area (Å²) < 4.78 is 63.9. The average Bonchev–Trinajstić information content (AvgIpc) is 3.76. The van der Waals surface area contributed by atoms with Gasteiger partial charge in [0, 0.05) is 43.5 Å². The van der Waals surface area contributed by atoms with Gasteiger partial charge in [0.2, 0.25) is 5.91 Å². The number of methoxy groups -OCH3 is 1. The Bertz CT molecular complexity index is 1390. The average molecular weight is 610 g/mol. The number of ether oxygens (including phenoxy) is 2. The second kappa shape index (κ2) is 13.7. The molecular formula is C28H31F4N5O4S. The SMILES string of the molecule is COCCOCc1ccccc1C1CC(c2csc(C3CCN(C(=O)Cn4nc(C(F)F)cc4C(F)F)CC3)n2)=NO1. The van der Waals surface area contributed by atoms with E-state index in [-0.39, 0.29) is 12.0 Å². The lowest BCUT2D eigenvalue weighted by Gasteiger charge is -2.31. The molecule has 42 heavy (non-hydrogen) atoms. The minimum absolute atomic E-state index is 0.128. The van der Waals surface area contributed by atoms with Crippen LogP contribution in [0.1, 0.15) is 77.4 Å². The Kier molecular flexibility index (Phi) is 9.85. The van der Waals surface area contributed by atoms with Crippen LogP contribution < -0.4 is 0 Å². The zero-order chi connectivity index (χ0) is 29.6. The maximum atomic E-state index is 13.3. The Labute approximate surface area is 244 Å². The number of piperidine rings is 1. The molecule has 4 heterocycles. The molecule has 2 aliphatic rings. The van der Waals surface area contributed by atoms with E-state index in [4.69, 9.17) is 19.3 Å². The second-order valence-electron chi connectivity index (χ2n) is 10.1. The Balaban J connectivity index is 1.14. The van der Waals surface area contributed by atoms with Crippen molar-refractivity contribution in [2.24, 2.45) is 5.16 Å². The number of aromatic nitrogens is 3. The highest BCUT2D eigenvalue weighted by Gasteiger charge is 2.30. The normalized spacial score (nSPS) is 17.7. The maximum Gasteiger partial charge on any atom is 0.282 e. The summed E-state index contributed by atoms with van der Waals surface area (Å²) in [6, 6.07) is 8.59. The largest absolute Gasteiger partial charge is 0.387 e. The van der Waals surface area contributed by atoms with E-state index >= 15 is 0 Å². The molecule has 226 valence electrons. The zero-order valence-corrected chi connectivity index (χ0v) is 23.7. The van der Waals surface area contributed by atoms with Gasteiger partial charge in [0.05, 0.1) is 30.5 Å². The lowest BCUT2D eigenvalue weighted by Crippen LogP contribution is -2.40. The number of carbonyl (C=O) groups is 1. The summed E-state index contributed by atoms with van der Waals surface area (Å²) in [4.78, 5) is 24.9. The predicted molar refractivity (Wildman–Crippen MR) is 146 cm³/mol. The number of rotatable bonds is 12. The molecule has 1 unspecified atom stereocenters. The number of hydrogen-bond acceptors (Lipinski definition) is 8. The van der Waals surface area contributed by atoms with Gasteiger partial charge in [0.25, 0.3) is 12.9 Å². The first-order valence-electron chi connectivity index (χ1n) is 13.6. The second-order valence-corrected chi connectivity index (χ2v) is 10.9. The monoisotopic (exact) mass is 609 g/mol. The molecule has 1 aromatic carbocycles. The quantitative estimate of drug-likeness (QED) is 0.195. The molecule has 14 heteroatoms. The van der Waals surface area contributed by atoms with Crippen LogP contribution in [0.2, 0.25) is 0 Å². The van der Waals surface area contributed by atoms with Crippen molar-refractivity contribution in [2.75, 3.05) is 33.4 Å². The van der Waals surface area contributed by atoms with E-state index < -0.39 is 36.7 Å². The van der Waals surface area contributed by atoms with E-state index in [1.807, 2.05) is 29.6 Å². The van der Waals surface area contributed by atoms with Gasteiger partial charge in [0.15, 0.2) is 6.10 Å². The van der Waals surface area contributed by atoms with Crippen LogP contribution in [0.15, 0.2) is 40.9 Å². The van der Waals surface area contributed by atoms with Gasteiger partial charge in [-0.3, -0.25) is 9.48 Å². The number of alkyl halides is 4. The fraction of sp³-hybridized carbons (Fsp3) is 0.500. The number of hydrogen-bond donors (Lipinski definition) is 0. The van der Waals surface area contributed by atoms with Gasteiger partial charge in [-0.25, -0.2) is 22.5 Å². The smallest absolute Gasteiger partial charge is 0.282 e. The Morgan fingerprint density at radius 3 is 2.67 bits per heavy atom. The van der Waals surface area contributed by atoms with Crippen LogP contribution in [0.4, 0.5) is 17.6 Å². The molecule has 3 aromatic rings. The molecule has 0 N–H and O–H groups in total. The molecule has 0 aliphatic carbocycles. The molecule has 1 fully saturated rings. The minimum atomic E-state index is -3.01. The van der Waals surface area contributed by atoms with Crippen LogP contribution in [-0.2, 0) is 32.3 Å². The topological polar surface area (TPSA) is 91.1 Å². The van der Waals surface area contributed by atoms with E-state index in [1.54, 1.807) is 12.0 Å². The Morgan fingerprint density at radius 2 is 1.93 bits per heavy atom. The summed E-state index contributed by atoms with van der Waals surface area (Å²) in [6.07, 6.45) is -4.38. The number of thiazole rings is 1.